The maximum atomic E-state index is 15.1. The molecule has 2 aromatic carbocycles. The first kappa shape index (κ1) is 19.7. The summed E-state index contributed by atoms with van der Waals surface area (Å²) < 4.78 is 15.7. The number of nitriles is 1. The third kappa shape index (κ3) is 3.24. The van der Waals surface area contributed by atoms with Crippen LogP contribution in [0.5, 0.6) is 0 Å². The molecule has 2 heterocycles. The van der Waals surface area contributed by atoms with Gasteiger partial charge in [0.05, 0.1) is 16.8 Å². The van der Waals surface area contributed by atoms with Crippen LogP contribution in [-0.2, 0) is 18.3 Å². The second-order valence-electron chi connectivity index (χ2n) is 8.96. The monoisotopic (exact) mass is 419 g/mol. The number of aryl methyl sites for hydroxylation is 1. The van der Waals surface area contributed by atoms with Crippen LogP contribution < -0.4 is 5.73 Å². The molecule has 1 atom stereocenters. The quantitative estimate of drug-likeness (QED) is 0.649. The van der Waals surface area contributed by atoms with Crippen LogP contribution in [-0.4, -0.2) is 31.1 Å². The number of piperidine rings is 1. The summed E-state index contributed by atoms with van der Waals surface area (Å²) in [5.74, 6) is -0.234. The van der Waals surface area contributed by atoms with Crippen LogP contribution in [0.25, 0.3) is 20.5 Å². The smallest absolute Gasteiger partial charge is 0.144 e. The van der Waals surface area contributed by atoms with E-state index in [0.29, 0.717) is 15.7 Å². The number of benzene rings is 2. The van der Waals surface area contributed by atoms with Crippen LogP contribution in [0.4, 0.5) is 4.39 Å². The Balaban J connectivity index is 1.52. The Hall–Kier alpha value is -2.26. The van der Waals surface area contributed by atoms with E-state index in [2.05, 4.69) is 36.2 Å². The standard InChI is InChI=1S/C25H26FN3S/c1-29-10-8-25(9-11-29)7-6-16-2-3-17(13-21(16)25)22-14-19-5-4-18(12-20(28)15-27)23(26)24(19)30-22/h2-5,13-14,20H,6-12,28H2,1H3. The normalized spacial score (nSPS) is 19.1. The lowest BCUT2D eigenvalue weighted by Gasteiger charge is -2.38. The van der Waals surface area contributed by atoms with Crippen LogP contribution >= 0.6 is 11.3 Å². The molecule has 3 aromatic rings. The first-order chi connectivity index (χ1) is 14.5. The Morgan fingerprint density at radius 3 is 2.77 bits per heavy atom. The van der Waals surface area contributed by atoms with Crippen molar-refractivity contribution in [2.24, 2.45) is 5.73 Å². The predicted molar refractivity (Wildman–Crippen MR) is 121 cm³/mol. The van der Waals surface area contributed by atoms with E-state index in [0.717, 1.165) is 23.4 Å². The average Bonchev–Trinajstić information content (AvgIpc) is 3.35. The average molecular weight is 420 g/mol. The van der Waals surface area contributed by atoms with Gasteiger partial charge < -0.3 is 10.6 Å². The molecule has 2 N–H and O–H groups in total. The van der Waals surface area contributed by atoms with Crippen molar-refractivity contribution < 1.29 is 4.39 Å². The highest BCUT2D eigenvalue weighted by Crippen LogP contribution is 2.48. The van der Waals surface area contributed by atoms with E-state index in [-0.39, 0.29) is 12.2 Å². The van der Waals surface area contributed by atoms with Gasteiger partial charge in [-0.15, -0.1) is 11.3 Å². The Bertz CT molecular complexity index is 1150. The molecule has 1 aromatic heterocycles. The summed E-state index contributed by atoms with van der Waals surface area (Å²) in [6.45, 7) is 2.32. The zero-order valence-corrected chi connectivity index (χ0v) is 18.1. The van der Waals surface area contributed by atoms with Gasteiger partial charge in [0.1, 0.15) is 5.82 Å². The minimum atomic E-state index is -0.682. The van der Waals surface area contributed by atoms with Gasteiger partial charge in [0.2, 0.25) is 0 Å². The van der Waals surface area contributed by atoms with Gasteiger partial charge in [-0.2, -0.15) is 5.26 Å². The molecule has 30 heavy (non-hydrogen) atoms. The number of halogens is 1. The minimum absolute atomic E-state index is 0.234. The molecule has 1 aliphatic carbocycles. The zero-order valence-electron chi connectivity index (χ0n) is 17.2. The summed E-state index contributed by atoms with van der Waals surface area (Å²) in [7, 11) is 2.21. The third-order valence-electron chi connectivity index (χ3n) is 7.09. The maximum Gasteiger partial charge on any atom is 0.144 e. The summed E-state index contributed by atoms with van der Waals surface area (Å²) in [6, 6.07) is 14.0. The number of likely N-dealkylation sites (tertiary alicyclic amines) is 1. The summed E-state index contributed by atoms with van der Waals surface area (Å²) in [6.07, 6.45) is 5.11. The molecule has 5 heteroatoms. The second kappa shape index (κ2) is 7.46. The molecule has 1 unspecified atom stereocenters. The van der Waals surface area contributed by atoms with Crippen molar-refractivity contribution in [3.63, 3.8) is 0 Å². The molecular formula is C25H26FN3S. The Morgan fingerprint density at radius 2 is 2.00 bits per heavy atom. The van der Waals surface area contributed by atoms with Crippen molar-refractivity contribution in [3.05, 3.63) is 58.9 Å². The molecule has 154 valence electrons. The van der Waals surface area contributed by atoms with Crippen molar-refractivity contribution in [1.29, 1.82) is 5.26 Å². The lowest BCUT2D eigenvalue weighted by molar-refractivity contribution is 0.187. The van der Waals surface area contributed by atoms with Crippen molar-refractivity contribution in [1.82, 2.24) is 4.90 Å². The zero-order chi connectivity index (χ0) is 20.9. The van der Waals surface area contributed by atoms with Gasteiger partial charge in [-0.3, -0.25) is 0 Å². The van der Waals surface area contributed by atoms with Crippen LogP contribution in [0.15, 0.2) is 36.4 Å². The van der Waals surface area contributed by atoms with Gasteiger partial charge in [-0.05, 0) is 91.0 Å². The predicted octanol–water partition coefficient (Wildman–Crippen LogP) is 5.01. The number of hydrogen-bond donors (Lipinski definition) is 1. The Morgan fingerprint density at radius 1 is 1.20 bits per heavy atom. The SMILES string of the molecule is CN1CCC2(CCc3ccc(-c4cc5ccc(CC(N)C#N)c(F)c5s4)cc32)CC1. The van der Waals surface area contributed by atoms with E-state index in [4.69, 9.17) is 11.0 Å². The molecule has 2 aliphatic rings. The van der Waals surface area contributed by atoms with Crippen LogP contribution in [0.2, 0.25) is 0 Å². The Kier molecular flexibility index (Phi) is 4.89. The highest BCUT2D eigenvalue weighted by Gasteiger charge is 2.40. The van der Waals surface area contributed by atoms with E-state index >= 15 is 4.39 Å². The van der Waals surface area contributed by atoms with Gasteiger partial charge in [-0.25, -0.2) is 4.39 Å². The van der Waals surface area contributed by atoms with Gasteiger partial charge >= 0.3 is 0 Å². The molecule has 0 bridgehead atoms. The summed E-state index contributed by atoms with van der Waals surface area (Å²) in [5.41, 5.74) is 10.7. The number of nitrogens with zero attached hydrogens (tertiary/aromatic N) is 2. The fourth-order valence-electron chi connectivity index (χ4n) is 5.21. The fourth-order valence-corrected chi connectivity index (χ4v) is 6.32. The highest BCUT2D eigenvalue weighted by atomic mass is 32.1. The first-order valence-corrected chi connectivity index (χ1v) is 11.5. The maximum absolute atomic E-state index is 15.1. The van der Waals surface area contributed by atoms with Gasteiger partial charge in [0, 0.05) is 11.3 Å². The van der Waals surface area contributed by atoms with Gasteiger partial charge in [0.25, 0.3) is 0 Å². The van der Waals surface area contributed by atoms with Crippen molar-refractivity contribution in [3.8, 4) is 16.5 Å². The van der Waals surface area contributed by atoms with Gasteiger partial charge in [0.15, 0.2) is 0 Å². The molecular weight excluding hydrogens is 393 g/mol. The molecule has 5 rings (SSSR count). The summed E-state index contributed by atoms with van der Waals surface area (Å²) in [5, 5.41) is 9.87. The molecule has 3 nitrogen and oxygen atoms in total. The van der Waals surface area contributed by atoms with E-state index in [1.807, 2.05) is 12.1 Å². The van der Waals surface area contributed by atoms with E-state index in [1.54, 1.807) is 6.07 Å². The number of nitrogens with two attached hydrogens (primary N) is 1. The summed E-state index contributed by atoms with van der Waals surface area (Å²) >= 11 is 1.50. The number of thiophene rings is 1. The molecule has 1 fully saturated rings. The highest BCUT2D eigenvalue weighted by molar-refractivity contribution is 7.22. The third-order valence-corrected chi connectivity index (χ3v) is 8.29. The number of rotatable bonds is 3. The van der Waals surface area contributed by atoms with E-state index in [9.17, 15) is 0 Å². The first-order valence-electron chi connectivity index (χ1n) is 10.7. The summed E-state index contributed by atoms with van der Waals surface area (Å²) in [4.78, 5) is 3.53. The largest absolute Gasteiger partial charge is 0.316 e. The lowest BCUT2D eigenvalue weighted by Crippen LogP contribution is -2.39. The molecule has 0 saturated carbocycles. The molecule has 1 aliphatic heterocycles. The lowest BCUT2D eigenvalue weighted by atomic mass is 9.73. The number of fused-ring (bicyclic) bond motifs is 3. The molecule has 0 radical (unpaired) electrons. The van der Waals surface area contributed by atoms with E-state index < -0.39 is 6.04 Å². The van der Waals surface area contributed by atoms with Gasteiger partial charge in [-0.1, -0.05) is 24.3 Å². The van der Waals surface area contributed by atoms with Crippen LogP contribution in [0.1, 0.15) is 36.0 Å². The second-order valence-corrected chi connectivity index (χ2v) is 10.0. The molecule has 0 amide bonds. The Labute approximate surface area is 180 Å². The van der Waals surface area contributed by atoms with Crippen LogP contribution in [0, 0.1) is 17.1 Å². The van der Waals surface area contributed by atoms with Crippen molar-refractivity contribution >= 4 is 21.4 Å². The van der Waals surface area contributed by atoms with Crippen LogP contribution in [0.3, 0.4) is 0 Å². The van der Waals surface area contributed by atoms with E-state index in [1.165, 1.54) is 53.7 Å². The fraction of sp³-hybridized carbons (Fsp3) is 0.400. The molecule has 1 spiro atoms. The molecule has 1 saturated heterocycles. The van der Waals surface area contributed by atoms with Crippen molar-refractivity contribution in [2.45, 2.75) is 43.6 Å². The number of hydrogen-bond acceptors (Lipinski definition) is 4. The topological polar surface area (TPSA) is 53.0 Å². The minimum Gasteiger partial charge on any atom is -0.316 e. The van der Waals surface area contributed by atoms with Crippen molar-refractivity contribution in [2.75, 3.05) is 20.1 Å².